The number of sulfone groups is 1. The van der Waals surface area contributed by atoms with Crippen molar-refractivity contribution >= 4 is 21.4 Å². The fourth-order valence-electron chi connectivity index (χ4n) is 1.62. The molecule has 0 fully saturated rings. The normalized spacial score (nSPS) is 13.4. The number of hydrogen-bond acceptors (Lipinski definition) is 5. The Labute approximate surface area is 116 Å². The Morgan fingerprint density at radius 3 is 2.47 bits per heavy atom. The number of tetrazole rings is 1. The van der Waals surface area contributed by atoms with Crippen molar-refractivity contribution in [3.8, 4) is 0 Å². The van der Waals surface area contributed by atoms with Gasteiger partial charge >= 0.3 is 0 Å². The largest absolute Gasteiger partial charge is 0.224 e. The van der Waals surface area contributed by atoms with E-state index in [0.717, 1.165) is 5.56 Å². The standard InChI is InChI=1S/C11H13ClN4O2S/c1-8(12)11-13-14-15-16(11)7-9-3-5-10(6-4-9)19(2,17)18/h3-6,8H,7H2,1-2H3. The molecule has 0 spiro atoms. The molecule has 0 radical (unpaired) electrons. The average Bonchev–Trinajstić information content (AvgIpc) is 2.77. The Morgan fingerprint density at radius 1 is 1.32 bits per heavy atom. The predicted molar refractivity (Wildman–Crippen MR) is 70.7 cm³/mol. The molecular formula is C11H13ClN4O2S. The van der Waals surface area contributed by atoms with Crippen LogP contribution in [0.15, 0.2) is 29.2 Å². The summed E-state index contributed by atoms with van der Waals surface area (Å²) >= 11 is 5.96. The molecule has 1 aromatic heterocycles. The molecule has 0 aliphatic rings. The zero-order valence-corrected chi connectivity index (χ0v) is 12.1. The van der Waals surface area contributed by atoms with Crippen LogP contribution in [0.3, 0.4) is 0 Å². The minimum atomic E-state index is -3.17. The fourth-order valence-corrected chi connectivity index (χ4v) is 2.41. The van der Waals surface area contributed by atoms with Crippen LogP contribution in [0, 0.1) is 0 Å². The summed E-state index contributed by atoms with van der Waals surface area (Å²) in [4.78, 5) is 0.291. The molecule has 1 atom stereocenters. The van der Waals surface area contributed by atoms with Gasteiger partial charge in [0, 0.05) is 6.26 Å². The molecule has 0 aliphatic carbocycles. The zero-order valence-electron chi connectivity index (χ0n) is 10.5. The molecule has 1 heterocycles. The van der Waals surface area contributed by atoms with Crippen molar-refractivity contribution in [3.05, 3.63) is 35.7 Å². The Balaban J connectivity index is 2.23. The van der Waals surface area contributed by atoms with Crippen molar-refractivity contribution in [1.29, 1.82) is 0 Å². The van der Waals surface area contributed by atoms with Crippen LogP contribution in [0.2, 0.25) is 0 Å². The van der Waals surface area contributed by atoms with Gasteiger partial charge in [0.25, 0.3) is 0 Å². The second-order valence-electron chi connectivity index (χ2n) is 4.23. The number of alkyl halides is 1. The highest BCUT2D eigenvalue weighted by Crippen LogP contribution is 2.17. The van der Waals surface area contributed by atoms with Crippen LogP contribution in [-0.4, -0.2) is 34.9 Å². The van der Waals surface area contributed by atoms with Gasteiger partial charge in [-0.05, 0) is 35.0 Å². The first-order chi connectivity index (χ1) is 8.88. The Kier molecular flexibility index (Phi) is 3.86. The maximum absolute atomic E-state index is 11.3. The highest BCUT2D eigenvalue weighted by molar-refractivity contribution is 7.90. The van der Waals surface area contributed by atoms with E-state index in [1.165, 1.54) is 6.26 Å². The number of halogens is 1. The SMILES string of the molecule is CC(Cl)c1nnnn1Cc1ccc(S(C)(=O)=O)cc1. The van der Waals surface area contributed by atoms with Crippen molar-refractivity contribution in [2.24, 2.45) is 0 Å². The van der Waals surface area contributed by atoms with Gasteiger partial charge in [-0.25, -0.2) is 13.1 Å². The number of aromatic nitrogens is 4. The Morgan fingerprint density at radius 2 is 1.95 bits per heavy atom. The molecule has 8 heteroatoms. The lowest BCUT2D eigenvalue weighted by atomic mass is 10.2. The summed E-state index contributed by atoms with van der Waals surface area (Å²) in [6, 6.07) is 6.61. The van der Waals surface area contributed by atoms with Gasteiger partial charge in [0.15, 0.2) is 15.7 Å². The molecule has 0 aliphatic heterocycles. The van der Waals surface area contributed by atoms with Gasteiger partial charge in [0.05, 0.1) is 16.8 Å². The molecule has 19 heavy (non-hydrogen) atoms. The van der Waals surface area contributed by atoms with Gasteiger partial charge in [-0.2, -0.15) is 0 Å². The van der Waals surface area contributed by atoms with Crippen LogP contribution in [0.4, 0.5) is 0 Å². The third-order valence-corrected chi connectivity index (χ3v) is 3.92. The first-order valence-electron chi connectivity index (χ1n) is 5.57. The molecule has 2 aromatic rings. The van der Waals surface area contributed by atoms with Gasteiger partial charge < -0.3 is 0 Å². The maximum Gasteiger partial charge on any atom is 0.175 e. The van der Waals surface area contributed by atoms with E-state index in [1.807, 2.05) is 0 Å². The van der Waals surface area contributed by atoms with E-state index in [-0.39, 0.29) is 5.38 Å². The molecule has 6 nitrogen and oxygen atoms in total. The quantitative estimate of drug-likeness (QED) is 0.798. The summed E-state index contributed by atoms with van der Waals surface area (Å²) in [6.45, 7) is 2.24. The van der Waals surface area contributed by atoms with Crippen LogP contribution >= 0.6 is 11.6 Å². The van der Waals surface area contributed by atoms with Crippen LogP contribution < -0.4 is 0 Å². The molecule has 1 aromatic carbocycles. The maximum atomic E-state index is 11.3. The molecule has 1 unspecified atom stereocenters. The van der Waals surface area contributed by atoms with E-state index in [1.54, 1.807) is 35.9 Å². The Bertz CT molecular complexity index is 664. The third kappa shape index (κ3) is 3.30. The van der Waals surface area contributed by atoms with Gasteiger partial charge in [-0.1, -0.05) is 12.1 Å². The minimum absolute atomic E-state index is 0.287. The van der Waals surface area contributed by atoms with Gasteiger partial charge in [-0.3, -0.25) is 0 Å². The second kappa shape index (κ2) is 5.26. The number of rotatable bonds is 4. The molecule has 0 bridgehead atoms. The summed E-state index contributed by atoms with van der Waals surface area (Å²) < 4.78 is 24.3. The smallest absolute Gasteiger partial charge is 0.175 e. The summed E-state index contributed by atoms with van der Waals surface area (Å²) in [5.74, 6) is 0.578. The van der Waals surface area contributed by atoms with Crippen molar-refractivity contribution < 1.29 is 8.42 Å². The zero-order chi connectivity index (χ0) is 14.0. The monoisotopic (exact) mass is 300 g/mol. The Hall–Kier alpha value is -1.47. The van der Waals surface area contributed by atoms with E-state index in [2.05, 4.69) is 15.5 Å². The first kappa shape index (κ1) is 14.0. The van der Waals surface area contributed by atoms with Crippen LogP contribution in [0.25, 0.3) is 0 Å². The second-order valence-corrected chi connectivity index (χ2v) is 6.90. The predicted octanol–water partition coefficient (Wildman–Crippen LogP) is 1.42. The van der Waals surface area contributed by atoms with Gasteiger partial charge in [-0.15, -0.1) is 16.7 Å². The van der Waals surface area contributed by atoms with E-state index in [4.69, 9.17) is 11.6 Å². The fraction of sp³-hybridized carbons (Fsp3) is 0.364. The lowest BCUT2D eigenvalue weighted by Crippen LogP contribution is -2.08. The summed E-state index contributed by atoms with van der Waals surface area (Å²) in [7, 11) is -3.17. The topological polar surface area (TPSA) is 77.7 Å². The molecule has 0 saturated carbocycles. The average molecular weight is 301 g/mol. The minimum Gasteiger partial charge on any atom is -0.224 e. The highest BCUT2D eigenvalue weighted by Gasteiger charge is 2.12. The molecule has 0 N–H and O–H groups in total. The highest BCUT2D eigenvalue weighted by atomic mass is 35.5. The lowest BCUT2D eigenvalue weighted by Gasteiger charge is -2.06. The van der Waals surface area contributed by atoms with Crippen molar-refractivity contribution in [3.63, 3.8) is 0 Å². The van der Waals surface area contributed by atoms with Crippen molar-refractivity contribution in [1.82, 2.24) is 20.2 Å². The number of hydrogen-bond donors (Lipinski definition) is 0. The molecule has 2 rings (SSSR count). The van der Waals surface area contributed by atoms with Crippen molar-refractivity contribution in [2.45, 2.75) is 23.7 Å². The molecule has 102 valence electrons. The number of nitrogens with zero attached hydrogens (tertiary/aromatic N) is 4. The summed E-state index contributed by atoms with van der Waals surface area (Å²) in [5, 5.41) is 11.0. The van der Waals surface area contributed by atoms with E-state index in [0.29, 0.717) is 17.3 Å². The van der Waals surface area contributed by atoms with E-state index < -0.39 is 9.84 Å². The van der Waals surface area contributed by atoms with Gasteiger partial charge in [0.1, 0.15) is 0 Å². The molecule has 0 saturated heterocycles. The van der Waals surface area contributed by atoms with Crippen molar-refractivity contribution in [2.75, 3.05) is 6.26 Å². The van der Waals surface area contributed by atoms with Crippen LogP contribution in [0.5, 0.6) is 0 Å². The summed E-state index contributed by atoms with van der Waals surface area (Å²) in [6.07, 6.45) is 1.18. The number of benzene rings is 1. The van der Waals surface area contributed by atoms with E-state index >= 15 is 0 Å². The third-order valence-electron chi connectivity index (χ3n) is 2.60. The lowest BCUT2D eigenvalue weighted by molar-refractivity contribution is 0.601. The molecular weight excluding hydrogens is 288 g/mol. The summed E-state index contributed by atoms with van der Waals surface area (Å²) in [5.41, 5.74) is 0.901. The van der Waals surface area contributed by atoms with E-state index in [9.17, 15) is 8.42 Å². The molecule has 0 amide bonds. The van der Waals surface area contributed by atoms with Gasteiger partial charge in [0.2, 0.25) is 0 Å². The first-order valence-corrected chi connectivity index (χ1v) is 7.90. The van der Waals surface area contributed by atoms with Crippen LogP contribution in [0.1, 0.15) is 23.7 Å². The van der Waals surface area contributed by atoms with Crippen LogP contribution in [-0.2, 0) is 16.4 Å².